The third kappa shape index (κ3) is 5.93. The quantitative estimate of drug-likeness (QED) is 0.721. The van der Waals surface area contributed by atoms with Crippen molar-refractivity contribution >= 4 is 11.6 Å². The molecule has 0 aliphatic heterocycles. The molecule has 0 saturated heterocycles. The van der Waals surface area contributed by atoms with Gasteiger partial charge in [0.2, 0.25) is 0 Å². The van der Waals surface area contributed by atoms with Gasteiger partial charge in [0, 0.05) is 17.6 Å². The van der Waals surface area contributed by atoms with E-state index in [4.69, 9.17) is 16.3 Å². The van der Waals surface area contributed by atoms with E-state index < -0.39 is 6.10 Å². The summed E-state index contributed by atoms with van der Waals surface area (Å²) in [6.07, 6.45) is 3.19. The lowest BCUT2D eigenvalue weighted by Gasteiger charge is -2.29. The zero-order valence-electron chi connectivity index (χ0n) is 12.2. The maximum Gasteiger partial charge on any atom is 0.0897 e. The molecule has 1 aliphatic carbocycles. The maximum absolute atomic E-state index is 9.90. The van der Waals surface area contributed by atoms with Gasteiger partial charge in [0.25, 0.3) is 0 Å². The molecule has 0 radical (unpaired) electrons. The molecule has 0 bridgehead atoms. The number of ether oxygens (including phenoxy) is 1. The van der Waals surface area contributed by atoms with Crippen molar-refractivity contribution in [2.45, 2.75) is 50.5 Å². The summed E-state index contributed by atoms with van der Waals surface area (Å²) in [6.45, 7) is 1.18. The first-order valence-electron chi connectivity index (χ1n) is 7.57. The van der Waals surface area contributed by atoms with Crippen LogP contribution in [0.5, 0.6) is 0 Å². The second kappa shape index (κ2) is 8.71. The normalized spacial score (nSPS) is 24.0. The van der Waals surface area contributed by atoms with Crippen molar-refractivity contribution in [3.63, 3.8) is 0 Å². The lowest BCUT2D eigenvalue weighted by atomic mass is 9.92. The molecule has 3 atom stereocenters. The number of rotatable bonds is 7. The van der Waals surface area contributed by atoms with Crippen LogP contribution < -0.4 is 5.32 Å². The Labute approximate surface area is 131 Å². The third-order valence-corrected chi connectivity index (χ3v) is 4.09. The fraction of sp³-hybridized carbons (Fsp3) is 0.625. The topological polar surface area (TPSA) is 61.7 Å². The van der Waals surface area contributed by atoms with Gasteiger partial charge in [0.15, 0.2) is 0 Å². The number of aliphatic hydroxyl groups excluding tert-OH is 2. The third-order valence-electron chi connectivity index (χ3n) is 3.84. The summed E-state index contributed by atoms with van der Waals surface area (Å²) < 4.78 is 5.49. The highest BCUT2D eigenvalue weighted by Gasteiger charge is 2.22. The standard InChI is InChI=1S/C16H24ClNO3/c17-13-7-5-12(6-8-13)10-21-11-14(19)9-18-15-3-1-2-4-16(15)20/h5-8,14-16,18-20H,1-4,9-11H2. The van der Waals surface area contributed by atoms with Crippen LogP contribution in [0.15, 0.2) is 24.3 Å². The Balaban J connectivity index is 1.61. The molecule has 0 amide bonds. The average Bonchev–Trinajstić information content (AvgIpc) is 2.48. The number of aliphatic hydroxyl groups is 2. The highest BCUT2D eigenvalue weighted by Crippen LogP contribution is 2.18. The molecule has 0 heterocycles. The fourth-order valence-electron chi connectivity index (χ4n) is 2.59. The fourth-order valence-corrected chi connectivity index (χ4v) is 2.72. The molecular weight excluding hydrogens is 290 g/mol. The molecule has 2 rings (SSSR count). The second-order valence-corrected chi connectivity index (χ2v) is 6.10. The summed E-state index contributed by atoms with van der Waals surface area (Å²) in [7, 11) is 0. The molecule has 1 aliphatic rings. The summed E-state index contributed by atoms with van der Waals surface area (Å²) in [5.41, 5.74) is 1.03. The van der Waals surface area contributed by atoms with Crippen LogP contribution in [0.2, 0.25) is 5.02 Å². The van der Waals surface area contributed by atoms with Crippen molar-refractivity contribution in [2.75, 3.05) is 13.2 Å². The number of hydrogen-bond acceptors (Lipinski definition) is 4. The van der Waals surface area contributed by atoms with Gasteiger partial charge in [-0.05, 0) is 30.5 Å². The van der Waals surface area contributed by atoms with Crippen LogP contribution in [0, 0.1) is 0 Å². The van der Waals surface area contributed by atoms with Gasteiger partial charge in [0.1, 0.15) is 0 Å². The van der Waals surface area contributed by atoms with Crippen LogP contribution >= 0.6 is 11.6 Å². The van der Waals surface area contributed by atoms with E-state index >= 15 is 0 Å². The molecule has 21 heavy (non-hydrogen) atoms. The Kier molecular flexibility index (Phi) is 6.93. The summed E-state index contributed by atoms with van der Waals surface area (Å²) in [6, 6.07) is 7.56. The summed E-state index contributed by atoms with van der Waals surface area (Å²) in [5, 5.41) is 23.7. The van der Waals surface area contributed by atoms with Gasteiger partial charge in [-0.3, -0.25) is 0 Å². The van der Waals surface area contributed by atoms with Gasteiger partial charge in [-0.15, -0.1) is 0 Å². The van der Waals surface area contributed by atoms with Crippen LogP contribution in [0.3, 0.4) is 0 Å². The molecule has 5 heteroatoms. The summed E-state index contributed by atoms with van der Waals surface area (Å²) >= 11 is 5.81. The Hall–Kier alpha value is -0.650. The molecule has 0 spiro atoms. The zero-order valence-corrected chi connectivity index (χ0v) is 12.9. The first kappa shape index (κ1) is 16.7. The predicted molar refractivity (Wildman–Crippen MR) is 83.4 cm³/mol. The van der Waals surface area contributed by atoms with E-state index in [1.165, 1.54) is 0 Å². The van der Waals surface area contributed by atoms with Crippen LogP contribution in [-0.2, 0) is 11.3 Å². The average molecular weight is 314 g/mol. The van der Waals surface area contributed by atoms with Gasteiger partial charge in [-0.25, -0.2) is 0 Å². The Morgan fingerprint density at radius 2 is 1.95 bits per heavy atom. The van der Waals surface area contributed by atoms with Crippen LogP contribution in [-0.4, -0.2) is 41.6 Å². The predicted octanol–water partition coefficient (Wildman–Crippen LogP) is 2.11. The molecular formula is C16H24ClNO3. The minimum Gasteiger partial charge on any atom is -0.392 e. The summed E-state index contributed by atoms with van der Waals surface area (Å²) in [5.74, 6) is 0. The first-order valence-corrected chi connectivity index (χ1v) is 7.94. The minimum absolute atomic E-state index is 0.102. The van der Waals surface area contributed by atoms with Gasteiger partial charge >= 0.3 is 0 Å². The van der Waals surface area contributed by atoms with E-state index in [2.05, 4.69) is 5.32 Å². The highest BCUT2D eigenvalue weighted by molar-refractivity contribution is 6.30. The largest absolute Gasteiger partial charge is 0.392 e. The monoisotopic (exact) mass is 313 g/mol. The molecule has 3 unspecified atom stereocenters. The SMILES string of the molecule is OC(CNC1CCCCC1O)COCc1ccc(Cl)cc1. The maximum atomic E-state index is 9.90. The van der Waals surface area contributed by atoms with E-state index in [-0.39, 0.29) is 18.8 Å². The lowest BCUT2D eigenvalue weighted by molar-refractivity contribution is 0.0208. The highest BCUT2D eigenvalue weighted by atomic mass is 35.5. The van der Waals surface area contributed by atoms with Crippen molar-refractivity contribution in [1.29, 1.82) is 0 Å². The number of nitrogens with one attached hydrogen (secondary N) is 1. The van der Waals surface area contributed by atoms with Crippen LogP contribution in [0.1, 0.15) is 31.2 Å². The Bertz CT molecular complexity index is 412. The minimum atomic E-state index is -0.563. The van der Waals surface area contributed by atoms with Crippen molar-refractivity contribution in [3.8, 4) is 0 Å². The molecule has 0 aromatic heterocycles. The molecule has 4 nitrogen and oxygen atoms in total. The number of halogens is 1. The van der Waals surface area contributed by atoms with Crippen LogP contribution in [0.4, 0.5) is 0 Å². The van der Waals surface area contributed by atoms with E-state index in [9.17, 15) is 10.2 Å². The second-order valence-electron chi connectivity index (χ2n) is 5.66. The number of hydrogen-bond donors (Lipinski definition) is 3. The lowest BCUT2D eigenvalue weighted by Crippen LogP contribution is -2.45. The van der Waals surface area contributed by atoms with Gasteiger partial charge in [-0.2, -0.15) is 0 Å². The van der Waals surface area contributed by atoms with Gasteiger partial charge in [0.05, 0.1) is 25.4 Å². The van der Waals surface area contributed by atoms with Crippen molar-refractivity contribution in [2.24, 2.45) is 0 Å². The Morgan fingerprint density at radius 3 is 2.67 bits per heavy atom. The molecule has 3 N–H and O–H groups in total. The van der Waals surface area contributed by atoms with E-state index in [1.807, 2.05) is 24.3 Å². The molecule has 118 valence electrons. The summed E-state index contributed by atoms with van der Waals surface area (Å²) in [4.78, 5) is 0. The van der Waals surface area contributed by atoms with E-state index in [1.54, 1.807) is 0 Å². The smallest absolute Gasteiger partial charge is 0.0897 e. The molecule has 1 aromatic rings. The number of benzene rings is 1. The molecule has 1 aromatic carbocycles. The molecule has 1 fully saturated rings. The van der Waals surface area contributed by atoms with Gasteiger partial charge < -0.3 is 20.3 Å². The van der Waals surface area contributed by atoms with Gasteiger partial charge in [-0.1, -0.05) is 36.6 Å². The van der Waals surface area contributed by atoms with Crippen molar-refractivity contribution < 1.29 is 14.9 Å². The van der Waals surface area contributed by atoms with Crippen molar-refractivity contribution in [1.82, 2.24) is 5.32 Å². The Morgan fingerprint density at radius 1 is 1.24 bits per heavy atom. The zero-order chi connectivity index (χ0) is 15.1. The first-order chi connectivity index (χ1) is 10.1. The van der Waals surface area contributed by atoms with E-state index in [0.717, 1.165) is 31.2 Å². The van der Waals surface area contributed by atoms with Crippen LogP contribution in [0.25, 0.3) is 0 Å². The molecule has 1 saturated carbocycles. The van der Waals surface area contributed by atoms with Crippen molar-refractivity contribution in [3.05, 3.63) is 34.9 Å². The van der Waals surface area contributed by atoms with E-state index in [0.29, 0.717) is 18.2 Å².